The number of rotatable bonds is 4. The third-order valence-electron chi connectivity index (χ3n) is 3.07. The number of aliphatic hydroxyl groups excluding tert-OH is 1. The molecular weight excluding hydrogens is 283 g/mol. The molecule has 0 saturated carbocycles. The average Bonchev–Trinajstić information content (AvgIpc) is 2.66. The molecule has 0 bridgehead atoms. The lowest BCUT2D eigenvalue weighted by Gasteiger charge is -2.12. The summed E-state index contributed by atoms with van der Waals surface area (Å²) in [6.45, 7) is 4.59. The molecule has 1 atom stereocenters. The monoisotopic (exact) mass is 298 g/mol. The first-order valence-electron chi connectivity index (χ1n) is 6.18. The normalized spacial score (nSPS) is 12.7. The lowest BCUT2D eigenvalue weighted by molar-refractivity contribution is 0.175. The summed E-state index contributed by atoms with van der Waals surface area (Å²) in [6, 6.07) is 7.22. The molecule has 0 saturated heterocycles. The van der Waals surface area contributed by atoms with Gasteiger partial charge in [0.05, 0.1) is 22.5 Å². The van der Waals surface area contributed by atoms with Crippen molar-refractivity contribution in [3.8, 4) is 0 Å². The number of hydrogen-bond donors (Lipinski definition) is 1. The second kappa shape index (κ2) is 5.95. The Balaban J connectivity index is 2.26. The van der Waals surface area contributed by atoms with Crippen molar-refractivity contribution in [1.29, 1.82) is 0 Å². The van der Waals surface area contributed by atoms with E-state index in [0.29, 0.717) is 16.5 Å². The number of hydrogen-bond acceptors (Lipinski definition) is 2. The number of aryl methyl sites for hydroxylation is 2. The molecule has 2 aromatic rings. The molecule has 5 heteroatoms. The number of nitrogens with zero attached hydrogens (tertiary/aromatic N) is 2. The largest absolute Gasteiger partial charge is 0.388 e. The Labute approximate surface area is 122 Å². The Bertz CT molecular complexity index is 581. The molecule has 1 unspecified atom stereocenters. The van der Waals surface area contributed by atoms with Gasteiger partial charge < -0.3 is 5.11 Å². The van der Waals surface area contributed by atoms with E-state index in [1.54, 1.807) is 12.1 Å². The molecule has 3 nitrogen and oxygen atoms in total. The Morgan fingerprint density at radius 3 is 2.74 bits per heavy atom. The van der Waals surface area contributed by atoms with Gasteiger partial charge in [-0.05, 0) is 31.5 Å². The van der Waals surface area contributed by atoms with Crippen molar-refractivity contribution in [2.75, 3.05) is 0 Å². The van der Waals surface area contributed by atoms with Crippen LogP contribution in [0.15, 0.2) is 24.3 Å². The molecule has 0 aliphatic rings. The minimum absolute atomic E-state index is 0.424. The summed E-state index contributed by atoms with van der Waals surface area (Å²) in [5.41, 5.74) is 2.43. The van der Waals surface area contributed by atoms with E-state index in [1.807, 2.05) is 30.7 Å². The number of aromatic nitrogens is 2. The first-order chi connectivity index (χ1) is 9.02. The van der Waals surface area contributed by atoms with E-state index in [9.17, 15) is 5.11 Å². The molecule has 0 aliphatic heterocycles. The zero-order chi connectivity index (χ0) is 14.0. The summed E-state index contributed by atoms with van der Waals surface area (Å²) < 4.78 is 1.82. The zero-order valence-electron chi connectivity index (χ0n) is 10.9. The van der Waals surface area contributed by atoms with Gasteiger partial charge in [-0.25, -0.2) is 0 Å². The fraction of sp³-hybridized carbons (Fsp3) is 0.357. The Morgan fingerprint density at radius 1 is 1.37 bits per heavy atom. The first kappa shape index (κ1) is 14.4. The van der Waals surface area contributed by atoms with Gasteiger partial charge in [0.25, 0.3) is 0 Å². The van der Waals surface area contributed by atoms with Crippen LogP contribution in [0.2, 0.25) is 10.0 Å². The van der Waals surface area contributed by atoms with E-state index in [-0.39, 0.29) is 0 Å². The summed E-state index contributed by atoms with van der Waals surface area (Å²) >= 11 is 12.2. The van der Waals surface area contributed by atoms with Crippen LogP contribution in [0.3, 0.4) is 0 Å². The molecule has 0 aliphatic carbocycles. The van der Waals surface area contributed by atoms with Gasteiger partial charge in [-0.1, -0.05) is 35.3 Å². The van der Waals surface area contributed by atoms with Gasteiger partial charge in [-0.15, -0.1) is 0 Å². The molecule has 0 fully saturated rings. The number of halogens is 2. The highest BCUT2D eigenvalue weighted by molar-refractivity contribution is 6.32. The molecule has 1 aromatic heterocycles. The van der Waals surface area contributed by atoms with Gasteiger partial charge in [0.15, 0.2) is 0 Å². The van der Waals surface area contributed by atoms with E-state index in [0.717, 1.165) is 23.5 Å². The highest BCUT2D eigenvalue weighted by atomic mass is 35.5. The lowest BCUT2D eigenvalue weighted by atomic mass is 10.0. The summed E-state index contributed by atoms with van der Waals surface area (Å²) in [6.07, 6.45) is -0.217. The van der Waals surface area contributed by atoms with Gasteiger partial charge in [-0.2, -0.15) is 5.10 Å². The third kappa shape index (κ3) is 3.11. The van der Waals surface area contributed by atoms with Crippen LogP contribution < -0.4 is 0 Å². The van der Waals surface area contributed by atoms with Crippen molar-refractivity contribution < 1.29 is 5.11 Å². The van der Waals surface area contributed by atoms with Gasteiger partial charge in [0, 0.05) is 18.0 Å². The van der Waals surface area contributed by atoms with E-state index in [4.69, 9.17) is 23.2 Å². The van der Waals surface area contributed by atoms with Crippen LogP contribution in [-0.2, 0) is 13.0 Å². The highest BCUT2D eigenvalue weighted by Gasteiger charge is 2.17. The maximum absolute atomic E-state index is 10.3. The van der Waals surface area contributed by atoms with Gasteiger partial charge in [0.1, 0.15) is 0 Å². The molecule has 2 rings (SSSR count). The van der Waals surface area contributed by atoms with Crippen molar-refractivity contribution in [1.82, 2.24) is 9.78 Å². The van der Waals surface area contributed by atoms with Crippen LogP contribution >= 0.6 is 23.2 Å². The molecule has 0 amide bonds. The number of aliphatic hydroxyl groups is 1. The second-order valence-corrected chi connectivity index (χ2v) is 5.25. The molecule has 1 N–H and O–H groups in total. The van der Waals surface area contributed by atoms with E-state index in [2.05, 4.69) is 5.10 Å². The van der Waals surface area contributed by atoms with Crippen molar-refractivity contribution in [2.24, 2.45) is 0 Å². The Morgan fingerprint density at radius 2 is 2.11 bits per heavy atom. The Kier molecular flexibility index (Phi) is 4.50. The van der Waals surface area contributed by atoms with Gasteiger partial charge in [0.2, 0.25) is 0 Å². The lowest BCUT2D eigenvalue weighted by Crippen LogP contribution is -2.08. The quantitative estimate of drug-likeness (QED) is 0.932. The third-order valence-corrected chi connectivity index (χ3v) is 3.80. The van der Waals surface area contributed by atoms with E-state index < -0.39 is 6.10 Å². The van der Waals surface area contributed by atoms with Crippen LogP contribution in [0.25, 0.3) is 0 Å². The SMILES string of the molecule is CCn1nc(C)c(Cl)c1CC(O)c1cccc(Cl)c1. The summed E-state index contributed by atoms with van der Waals surface area (Å²) in [7, 11) is 0. The van der Waals surface area contributed by atoms with Crippen LogP contribution in [0.5, 0.6) is 0 Å². The molecular formula is C14H16Cl2N2O. The number of benzene rings is 1. The fourth-order valence-corrected chi connectivity index (χ4v) is 2.49. The molecule has 102 valence electrons. The maximum atomic E-state index is 10.3. The van der Waals surface area contributed by atoms with Crippen LogP contribution in [0.1, 0.15) is 30.0 Å². The second-order valence-electron chi connectivity index (χ2n) is 4.44. The van der Waals surface area contributed by atoms with Crippen molar-refractivity contribution >= 4 is 23.2 Å². The van der Waals surface area contributed by atoms with Crippen LogP contribution in [0.4, 0.5) is 0 Å². The smallest absolute Gasteiger partial charge is 0.0848 e. The first-order valence-corrected chi connectivity index (χ1v) is 6.93. The van der Waals surface area contributed by atoms with Crippen molar-refractivity contribution in [3.63, 3.8) is 0 Å². The summed E-state index contributed by atoms with van der Waals surface area (Å²) in [5.74, 6) is 0. The summed E-state index contributed by atoms with van der Waals surface area (Å²) in [5, 5.41) is 15.9. The molecule has 19 heavy (non-hydrogen) atoms. The molecule has 1 aromatic carbocycles. The molecule has 1 heterocycles. The minimum Gasteiger partial charge on any atom is -0.388 e. The van der Waals surface area contributed by atoms with Crippen LogP contribution in [-0.4, -0.2) is 14.9 Å². The van der Waals surface area contributed by atoms with E-state index in [1.165, 1.54) is 0 Å². The highest BCUT2D eigenvalue weighted by Crippen LogP contribution is 2.27. The fourth-order valence-electron chi connectivity index (χ4n) is 2.08. The average molecular weight is 299 g/mol. The summed E-state index contributed by atoms with van der Waals surface area (Å²) in [4.78, 5) is 0. The van der Waals surface area contributed by atoms with Crippen LogP contribution in [0, 0.1) is 6.92 Å². The van der Waals surface area contributed by atoms with E-state index >= 15 is 0 Å². The molecule has 0 radical (unpaired) electrons. The topological polar surface area (TPSA) is 38.0 Å². The predicted octanol–water partition coefficient (Wildman–Crippen LogP) is 3.79. The maximum Gasteiger partial charge on any atom is 0.0848 e. The zero-order valence-corrected chi connectivity index (χ0v) is 12.4. The van der Waals surface area contributed by atoms with Crippen molar-refractivity contribution in [3.05, 3.63) is 51.3 Å². The van der Waals surface area contributed by atoms with Gasteiger partial charge >= 0.3 is 0 Å². The standard InChI is InChI=1S/C14H16Cl2N2O/c1-3-18-12(14(16)9(2)17-18)8-13(19)10-5-4-6-11(15)7-10/h4-7,13,19H,3,8H2,1-2H3. The molecule has 0 spiro atoms. The predicted molar refractivity (Wildman–Crippen MR) is 77.8 cm³/mol. The van der Waals surface area contributed by atoms with Gasteiger partial charge in [-0.3, -0.25) is 4.68 Å². The Hall–Kier alpha value is -1.03. The minimum atomic E-state index is -0.641. The van der Waals surface area contributed by atoms with Crippen molar-refractivity contribution in [2.45, 2.75) is 32.9 Å².